The number of ether oxygens (including phenoxy) is 2. The van der Waals surface area contributed by atoms with Gasteiger partial charge in [0.2, 0.25) is 0 Å². The molecule has 2 aromatic heterocycles. The highest BCUT2D eigenvalue weighted by molar-refractivity contribution is 5.46. The second-order valence-electron chi connectivity index (χ2n) is 7.51. The molecular weight excluding hydrogens is 432 g/mol. The summed E-state index contributed by atoms with van der Waals surface area (Å²) < 4.78 is 70.2. The second kappa shape index (κ2) is 8.81. The normalized spacial score (nSPS) is 15.3. The molecule has 0 saturated carbocycles. The molecule has 0 atom stereocenters. The molecule has 3 aromatic rings. The molecule has 0 N–H and O–H groups in total. The van der Waals surface area contributed by atoms with Crippen molar-refractivity contribution >= 4 is 0 Å². The fourth-order valence-electron chi connectivity index (χ4n) is 3.59. The van der Waals surface area contributed by atoms with Gasteiger partial charge in [0, 0.05) is 49.6 Å². The van der Waals surface area contributed by atoms with Crippen molar-refractivity contribution in [2.24, 2.45) is 0 Å². The highest BCUT2D eigenvalue weighted by Crippen LogP contribution is 2.37. The third kappa shape index (κ3) is 4.57. The Bertz CT molecular complexity index is 1140. The van der Waals surface area contributed by atoms with E-state index in [2.05, 4.69) is 5.10 Å². The molecule has 1 fully saturated rings. The Morgan fingerprint density at radius 1 is 1.22 bits per heavy atom. The number of hydrogen-bond donors (Lipinski definition) is 0. The van der Waals surface area contributed by atoms with Crippen LogP contribution >= 0.6 is 0 Å². The Balaban J connectivity index is 1.71. The molecule has 4 rings (SSSR count). The van der Waals surface area contributed by atoms with Gasteiger partial charge in [-0.1, -0.05) is 0 Å². The summed E-state index contributed by atoms with van der Waals surface area (Å²) in [7, 11) is 0. The van der Waals surface area contributed by atoms with Gasteiger partial charge in [0.05, 0.1) is 37.2 Å². The minimum atomic E-state index is -4.95. The fraction of sp³-hybridized carbons (Fsp3) is 0.429. The van der Waals surface area contributed by atoms with Crippen molar-refractivity contribution < 1.29 is 27.0 Å². The maximum absolute atomic E-state index is 14.9. The summed E-state index contributed by atoms with van der Waals surface area (Å²) in [6.07, 6.45) is 1.71. The van der Waals surface area contributed by atoms with E-state index >= 15 is 0 Å². The van der Waals surface area contributed by atoms with Crippen LogP contribution in [0.5, 0.6) is 5.75 Å². The molecule has 0 radical (unpaired) electrons. The van der Waals surface area contributed by atoms with Crippen molar-refractivity contribution in [3.8, 4) is 11.4 Å². The quantitative estimate of drug-likeness (QED) is 0.534. The molecule has 0 bridgehead atoms. The Hall–Kier alpha value is -3.08. The van der Waals surface area contributed by atoms with Gasteiger partial charge < -0.3 is 9.47 Å². The first kappa shape index (κ1) is 22.1. The number of imidazole rings is 1. The second-order valence-corrected chi connectivity index (χ2v) is 7.51. The van der Waals surface area contributed by atoms with Gasteiger partial charge in [-0.25, -0.2) is 9.18 Å². The van der Waals surface area contributed by atoms with Crippen molar-refractivity contribution in [2.75, 3.05) is 13.2 Å². The Morgan fingerprint density at radius 3 is 2.62 bits per heavy atom. The van der Waals surface area contributed by atoms with Crippen molar-refractivity contribution in [3.05, 3.63) is 64.3 Å². The van der Waals surface area contributed by atoms with E-state index in [1.54, 1.807) is 17.1 Å². The largest absolute Gasteiger partial charge is 0.490 e. The number of halogens is 4. The molecule has 0 unspecified atom stereocenters. The third-order valence-electron chi connectivity index (χ3n) is 5.27. The lowest BCUT2D eigenvalue weighted by Crippen LogP contribution is -2.27. The van der Waals surface area contributed by atoms with Crippen molar-refractivity contribution in [1.82, 2.24) is 18.9 Å². The molecule has 11 heteroatoms. The zero-order valence-electron chi connectivity index (χ0n) is 17.3. The maximum atomic E-state index is 14.9. The van der Waals surface area contributed by atoms with Gasteiger partial charge in [-0.2, -0.15) is 18.3 Å². The van der Waals surface area contributed by atoms with Crippen LogP contribution in [0.2, 0.25) is 0 Å². The monoisotopic (exact) mass is 454 g/mol. The average Bonchev–Trinajstić information content (AvgIpc) is 3.36. The van der Waals surface area contributed by atoms with Crippen LogP contribution in [0, 0.1) is 5.82 Å². The van der Waals surface area contributed by atoms with E-state index < -0.39 is 28.9 Å². The summed E-state index contributed by atoms with van der Waals surface area (Å²) in [4.78, 5) is 12.9. The summed E-state index contributed by atoms with van der Waals surface area (Å²) >= 11 is 0. The van der Waals surface area contributed by atoms with E-state index in [4.69, 9.17) is 9.47 Å². The van der Waals surface area contributed by atoms with Crippen LogP contribution in [0.25, 0.3) is 5.69 Å². The molecule has 32 heavy (non-hydrogen) atoms. The number of rotatable bonds is 6. The maximum Gasteiger partial charge on any atom is 0.419 e. The van der Waals surface area contributed by atoms with Crippen LogP contribution < -0.4 is 10.4 Å². The summed E-state index contributed by atoms with van der Waals surface area (Å²) in [6.45, 7) is 3.58. The molecule has 1 saturated heterocycles. The molecule has 0 spiro atoms. The topological polar surface area (TPSA) is 63.2 Å². The van der Waals surface area contributed by atoms with Gasteiger partial charge in [-0.3, -0.25) is 13.8 Å². The molecule has 0 amide bonds. The van der Waals surface area contributed by atoms with Gasteiger partial charge in [0.25, 0.3) is 0 Å². The summed E-state index contributed by atoms with van der Waals surface area (Å²) in [5, 5.41) is 4.13. The number of aromatic nitrogens is 4. The molecule has 0 aliphatic carbocycles. The lowest BCUT2D eigenvalue weighted by molar-refractivity contribution is -0.140. The number of aryl methyl sites for hydroxylation is 1. The lowest BCUT2D eigenvalue weighted by Gasteiger charge is -2.24. The van der Waals surface area contributed by atoms with Gasteiger partial charge in [0.15, 0.2) is 5.82 Å². The van der Waals surface area contributed by atoms with Crippen molar-refractivity contribution in [1.29, 1.82) is 0 Å². The predicted molar refractivity (Wildman–Crippen MR) is 106 cm³/mol. The van der Waals surface area contributed by atoms with E-state index in [-0.39, 0.29) is 18.4 Å². The fourth-order valence-corrected chi connectivity index (χ4v) is 3.59. The standard InChI is InChI=1S/C21H22F4N4O3/c1-2-28-13-14(11-26-28)12-27-5-6-29(20(27)30)18-10-16(32-15-3-7-31-8-4-15)9-17(19(18)22)21(23,24)25/h5-6,9-11,13,15H,2-4,7-8,12H2,1H3. The molecular formula is C21H22F4N4O3. The van der Waals surface area contributed by atoms with Crippen LogP contribution in [0.15, 0.2) is 41.7 Å². The molecule has 3 heterocycles. The van der Waals surface area contributed by atoms with Crippen LogP contribution in [-0.2, 0) is 24.0 Å². The van der Waals surface area contributed by atoms with Gasteiger partial charge in [-0.05, 0) is 13.0 Å². The van der Waals surface area contributed by atoms with E-state index in [1.165, 1.54) is 17.0 Å². The number of hydrogen-bond acceptors (Lipinski definition) is 4. The Labute approximate surface area is 180 Å². The smallest absolute Gasteiger partial charge is 0.419 e. The zero-order chi connectivity index (χ0) is 22.9. The van der Waals surface area contributed by atoms with E-state index in [1.807, 2.05) is 6.92 Å². The Morgan fingerprint density at radius 2 is 1.97 bits per heavy atom. The highest BCUT2D eigenvalue weighted by Gasteiger charge is 2.37. The average molecular weight is 454 g/mol. The van der Waals surface area contributed by atoms with E-state index in [9.17, 15) is 22.4 Å². The van der Waals surface area contributed by atoms with Crippen LogP contribution in [0.3, 0.4) is 0 Å². The minimum Gasteiger partial charge on any atom is -0.490 e. The summed E-state index contributed by atoms with van der Waals surface area (Å²) in [5.74, 6) is -1.68. The summed E-state index contributed by atoms with van der Waals surface area (Å²) in [6, 6.07) is 1.76. The van der Waals surface area contributed by atoms with E-state index in [0.717, 1.165) is 16.2 Å². The number of alkyl halides is 3. The molecule has 1 aliphatic heterocycles. The first-order chi connectivity index (χ1) is 15.3. The minimum absolute atomic E-state index is 0.149. The number of benzene rings is 1. The van der Waals surface area contributed by atoms with Crippen molar-refractivity contribution in [2.45, 2.75) is 45.1 Å². The van der Waals surface area contributed by atoms with Crippen LogP contribution in [0.1, 0.15) is 30.9 Å². The van der Waals surface area contributed by atoms with Gasteiger partial charge >= 0.3 is 11.9 Å². The third-order valence-corrected chi connectivity index (χ3v) is 5.27. The van der Waals surface area contributed by atoms with E-state index in [0.29, 0.717) is 38.7 Å². The predicted octanol–water partition coefficient (Wildman–Crippen LogP) is 3.62. The lowest BCUT2D eigenvalue weighted by atomic mass is 10.1. The molecule has 7 nitrogen and oxygen atoms in total. The number of nitrogens with zero attached hydrogens (tertiary/aromatic N) is 4. The van der Waals surface area contributed by atoms with Gasteiger partial charge in [-0.15, -0.1) is 0 Å². The van der Waals surface area contributed by atoms with Crippen molar-refractivity contribution in [3.63, 3.8) is 0 Å². The summed E-state index contributed by atoms with van der Waals surface area (Å²) in [5.41, 5.74) is -1.94. The Kier molecular flexibility index (Phi) is 6.09. The molecule has 172 valence electrons. The first-order valence-corrected chi connectivity index (χ1v) is 10.2. The molecule has 1 aliphatic rings. The molecule has 1 aromatic carbocycles. The SMILES string of the molecule is CCn1cc(Cn2ccn(-c3cc(OC4CCOCC4)cc(C(F)(F)F)c3F)c2=O)cn1. The van der Waals surface area contributed by atoms with Gasteiger partial charge in [0.1, 0.15) is 11.9 Å². The highest BCUT2D eigenvalue weighted by atomic mass is 19.4. The van der Waals surface area contributed by atoms with Crippen LogP contribution in [-0.4, -0.2) is 38.2 Å². The van der Waals surface area contributed by atoms with Crippen LogP contribution in [0.4, 0.5) is 17.6 Å². The zero-order valence-corrected chi connectivity index (χ0v) is 17.3. The first-order valence-electron chi connectivity index (χ1n) is 10.2.